The Labute approximate surface area is 147 Å². The molecule has 1 aromatic heterocycles. The lowest BCUT2D eigenvalue weighted by atomic mass is 10.1. The summed E-state index contributed by atoms with van der Waals surface area (Å²) < 4.78 is 1.86. The summed E-state index contributed by atoms with van der Waals surface area (Å²) >= 11 is 0. The van der Waals surface area contributed by atoms with Gasteiger partial charge in [0.2, 0.25) is 0 Å². The summed E-state index contributed by atoms with van der Waals surface area (Å²) in [6.07, 6.45) is 8.68. The molecule has 5 nitrogen and oxygen atoms in total. The number of aryl methyl sites for hydroxylation is 1. The molecule has 3 aromatic rings. The van der Waals surface area contributed by atoms with E-state index in [2.05, 4.69) is 34.7 Å². The molecule has 0 aliphatic rings. The lowest BCUT2D eigenvalue weighted by Crippen LogP contribution is -2.20. The Morgan fingerprint density at radius 3 is 2.60 bits per heavy atom. The average Bonchev–Trinajstić information content (AvgIpc) is 3.16. The summed E-state index contributed by atoms with van der Waals surface area (Å²) in [7, 11) is 0. The maximum Gasteiger partial charge on any atom is 0.323 e. The first-order valence-corrected chi connectivity index (χ1v) is 8.50. The first-order chi connectivity index (χ1) is 12.3. The number of imidazole rings is 1. The van der Waals surface area contributed by atoms with Crippen molar-refractivity contribution < 1.29 is 4.79 Å². The predicted octanol–water partition coefficient (Wildman–Crippen LogP) is 4.86. The van der Waals surface area contributed by atoms with Crippen LogP contribution in [0.1, 0.15) is 25.3 Å². The number of carbonyl (C=O) groups excluding carboxylic acids is 1. The molecule has 1 heterocycles. The SMILES string of the molecule is CCCCc1ccc(NC(=O)Nc2ccccc2-n2ccnc2)cc1. The number of carbonyl (C=O) groups is 1. The van der Waals surface area contributed by atoms with Crippen molar-refractivity contribution in [3.8, 4) is 5.69 Å². The highest BCUT2D eigenvalue weighted by Crippen LogP contribution is 2.20. The zero-order valence-corrected chi connectivity index (χ0v) is 14.3. The molecule has 0 aliphatic heterocycles. The second kappa shape index (κ2) is 8.15. The van der Waals surface area contributed by atoms with Crippen molar-refractivity contribution in [2.45, 2.75) is 26.2 Å². The molecule has 2 N–H and O–H groups in total. The van der Waals surface area contributed by atoms with Crippen molar-refractivity contribution in [3.05, 3.63) is 72.8 Å². The Bertz CT molecular complexity index is 810. The van der Waals surface area contributed by atoms with Gasteiger partial charge in [-0.2, -0.15) is 0 Å². The number of hydrogen-bond acceptors (Lipinski definition) is 2. The minimum atomic E-state index is -0.270. The van der Waals surface area contributed by atoms with Crippen LogP contribution in [0.15, 0.2) is 67.3 Å². The monoisotopic (exact) mass is 334 g/mol. The predicted molar refractivity (Wildman–Crippen MR) is 101 cm³/mol. The van der Waals surface area contributed by atoms with E-state index in [-0.39, 0.29) is 6.03 Å². The molecule has 0 bridgehead atoms. The number of urea groups is 1. The Hall–Kier alpha value is -3.08. The molecule has 0 radical (unpaired) electrons. The minimum Gasteiger partial charge on any atom is -0.308 e. The zero-order valence-electron chi connectivity index (χ0n) is 14.3. The number of nitrogens with one attached hydrogen (secondary N) is 2. The highest BCUT2D eigenvalue weighted by atomic mass is 16.2. The van der Waals surface area contributed by atoms with Gasteiger partial charge >= 0.3 is 6.03 Å². The van der Waals surface area contributed by atoms with Gasteiger partial charge < -0.3 is 15.2 Å². The quantitative estimate of drug-likeness (QED) is 0.676. The van der Waals surface area contributed by atoms with Crippen LogP contribution in [-0.2, 0) is 6.42 Å². The summed E-state index contributed by atoms with van der Waals surface area (Å²) in [5.41, 5.74) is 3.65. The molecular weight excluding hydrogens is 312 g/mol. The number of aromatic nitrogens is 2. The molecule has 25 heavy (non-hydrogen) atoms. The van der Waals surface area contributed by atoms with Gasteiger partial charge in [0.15, 0.2) is 0 Å². The van der Waals surface area contributed by atoms with Crippen LogP contribution in [0, 0.1) is 0 Å². The second-order valence-electron chi connectivity index (χ2n) is 5.87. The molecule has 5 heteroatoms. The van der Waals surface area contributed by atoms with E-state index < -0.39 is 0 Å². The molecule has 0 unspecified atom stereocenters. The third-order valence-electron chi connectivity index (χ3n) is 3.97. The molecule has 2 aromatic carbocycles. The van der Waals surface area contributed by atoms with Gasteiger partial charge in [0.05, 0.1) is 17.7 Å². The van der Waals surface area contributed by atoms with E-state index >= 15 is 0 Å². The lowest BCUT2D eigenvalue weighted by Gasteiger charge is -2.12. The van der Waals surface area contributed by atoms with Crippen molar-refractivity contribution in [3.63, 3.8) is 0 Å². The summed E-state index contributed by atoms with van der Waals surface area (Å²) in [6.45, 7) is 2.18. The summed E-state index contributed by atoms with van der Waals surface area (Å²) in [5.74, 6) is 0. The van der Waals surface area contributed by atoms with Gasteiger partial charge in [-0.25, -0.2) is 9.78 Å². The molecule has 0 spiro atoms. The van der Waals surface area contributed by atoms with Crippen LogP contribution in [0.5, 0.6) is 0 Å². The van der Waals surface area contributed by atoms with E-state index in [1.807, 2.05) is 47.2 Å². The molecule has 0 saturated heterocycles. The third kappa shape index (κ3) is 4.47. The lowest BCUT2D eigenvalue weighted by molar-refractivity contribution is 0.262. The molecule has 3 rings (SSSR count). The third-order valence-corrected chi connectivity index (χ3v) is 3.97. The second-order valence-corrected chi connectivity index (χ2v) is 5.87. The zero-order chi connectivity index (χ0) is 17.5. The highest BCUT2D eigenvalue weighted by Gasteiger charge is 2.08. The number of anilines is 2. The van der Waals surface area contributed by atoms with Crippen LogP contribution in [-0.4, -0.2) is 15.6 Å². The van der Waals surface area contributed by atoms with Crippen molar-refractivity contribution in [2.75, 3.05) is 10.6 Å². The highest BCUT2D eigenvalue weighted by molar-refractivity contribution is 6.01. The van der Waals surface area contributed by atoms with Crippen molar-refractivity contribution in [1.82, 2.24) is 9.55 Å². The van der Waals surface area contributed by atoms with Crippen LogP contribution < -0.4 is 10.6 Å². The van der Waals surface area contributed by atoms with Crippen LogP contribution >= 0.6 is 0 Å². The topological polar surface area (TPSA) is 59.0 Å². The largest absolute Gasteiger partial charge is 0.323 e. The molecule has 0 aliphatic carbocycles. The maximum absolute atomic E-state index is 12.3. The van der Waals surface area contributed by atoms with Crippen molar-refractivity contribution in [2.24, 2.45) is 0 Å². The smallest absolute Gasteiger partial charge is 0.308 e. The van der Waals surface area contributed by atoms with E-state index in [1.165, 1.54) is 18.4 Å². The van der Waals surface area contributed by atoms with E-state index in [4.69, 9.17) is 0 Å². The van der Waals surface area contributed by atoms with Gasteiger partial charge in [-0.3, -0.25) is 0 Å². The van der Waals surface area contributed by atoms with Gasteiger partial charge in [-0.15, -0.1) is 0 Å². The van der Waals surface area contributed by atoms with Gasteiger partial charge in [-0.1, -0.05) is 37.6 Å². The molecule has 0 saturated carbocycles. The Morgan fingerprint density at radius 1 is 1.08 bits per heavy atom. The molecular formula is C20H22N4O. The minimum absolute atomic E-state index is 0.270. The maximum atomic E-state index is 12.3. The number of nitrogens with zero attached hydrogens (tertiary/aromatic N) is 2. The normalized spacial score (nSPS) is 10.4. The number of unbranched alkanes of at least 4 members (excludes halogenated alkanes) is 1. The number of hydrogen-bond donors (Lipinski definition) is 2. The summed E-state index contributed by atoms with van der Waals surface area (Å²) in [5, 5.41) is 5.77. The molecule has 128 valence electrons. The van der Waals surface area contributed by atoms with Crippen molar-refractivity contribution >= 4 is 17.4 Å². The molecule has 0 fully saturated rings. The fourth-order valence-corrected chi connectivity index (χ4v) is 2.63. The first kappa shape index (κ1) is 16.8. The van der Waals surface area contributed by atoms with Crippen LogP contribution in [0.3, 0.4) is 0 Å². The number of para-hydroxylation sites is 2. The van der Waals surface area contributed by atoms with Crippen LogP contribution in [0.2, 0.25) is 0 Å². The van der Waals surface area contributed by atoms with Gasteiger partial charge in [0.1, 0.15) is 0 Å². The van der Waals surface area contributed by atoms with Gasteiger partial charge in [0.25, 0.3) is 0 Å². The van der Waals surface area contributed by atoms with E-state index in [9.17, 15) is 4.79 Å². The molecule has 0 atom stereocenters. The van der Waals surface area contributed by atoms with Crippen molar-refractivity contribution in [1.29, 1.82) is 0 Å². The number of benzene rings is 2. The van der Waals surface area contributed by atoms with Gasteiger partial charge in [0, 0.05) is 18.1 Å². The van der Waals surface area contributed by atoms with Crippen LogP contribution in [0.4, 0.5) is 16.2 Å². The Kier molecular flexibility index (Phi) is 5.46. The fraction of sp³-hybridized carbons (Fsp3) is 0.200. The molecule has 2 amide bonds. The van der Waals surface area contributed by atoms with E-state index in [0.29, 0.717) is 0 Å². The average molecular weight is 334 g/mol. The Balaban J connectivity index is 1.65. The van der Waals surface area contributed by atoms with Gasteiger partial charge in [-0.05, 0) is 42.7 Å². The summed E-state index contributed by atoms with van der Waals surface area (Å²) in [6, 6.07) is 15.3. The summed E-state index contributed by atoms with van der Waals surface area (Å²) in [4.78, 5) is 16.4. The van der Waals surface area contributed by atoms with Crippen LogP contribution in [0.25, 0.3) is 5.69 Å². The standard InChI is InChI=1S/C20H22N4O/c1-2-3-6-16-9-11-17(12-10-16)22-20(25)23-18-7-4-5-8-19(18)24-14-13-21-15-24/h4-5,7-15H,2-3,6H2,1H3,(H2,22,23,25). The number of amides is 2. The van der Waals surface area contributed by atoms with E-state index in [1.54, 1.807) is 12.5 Å². The Morgan fingerprint density at radius 2 is 1.88 bits per heavy atom. The fourth-order valence-electron chi connectivity index (χ4n) is 2.63. The number of rotatable bonds is 6. The first-order valence-electron chi connectivity index (χ1n) is 8.50. The van der Waals surface area contributed by atoms with E-state index in [0.717, 1.165) is 23.5 Å².